The van der Waals surface area contributed by atoms with Gasteiger partial charge in [0.15, 0.2) is 0 Å². The van der Waals surface area contributed by atoms with Gasteiger partial charge in [0.2, 0.25) is 5.91 Å². The monoisotopic (exact) mass is 382 g/mol. The maximum absolute atomic E-state index is 12.2. The lowest BCUT2D eigenvalue weighted by Crippen LogP contribution is -2.19. The molecule has 1 heterocycles. The Morgan fingerprint density at radius 3 is 2.58 bits per heavy atom. The normalized spacial score (nSPS) is 11.9. The van der Waals surface area contributed by atoms with E-state index in [1.165, 1.54) is 0 Å². The van der Waals surface area contributed by atoms with Gasteiger partial charge in [-0.2, -0.15) is 0 Å². The largest absolute Gasteiger partial charge is 0.309 e. The average Bonchev–Trinajstić information content (AvgIpc) is 2.42. The van der Waals surface area contributed by atoms with Crippen molar-refractivity contribution in [1.29, 1.82) is 0 Å². The number of benzene rings is 1. The molecule has 0 aliphatic heterocycles. The first-order valence-corrected chi connectivity index (χ1v) is 7.33. The highest BCUT2D eigenvalue weighted by Gasteiger charge is 2.16. The van der Waals surface area contributed by atoms with Crippen LogP contribution in [0.5, 0.6) is 0 Å². The number of aromatic nitrogens is 1. The van der Waals surface area contributed by atoms with E-state index in [0.29, 0.717) is 5.82 Å². The standard InChI is InChI=1S/C14H12Br2N2O/c1-9(10-5-3-2-4-6-10)14(19)18-13-12(16)7-11(15)8-17-13/h2-9H,1H3,(H,17,18,19). The molecule has 2 rings (SSSR count). The molecule has 2 aromatic rings. The molecule has 98 valence electrons. The molecule has 0 radical (unpaired) electrons. The number of anilines is 1. The van der Waals surface area contributed by atoms with E-state index in [4.69, 9.17) is 0 Å². The van der Waals surface area contributed by atoms with Gasteiger partial charge in [-0.3, -0.25) is 4.79 Å². The Kier molecular flexibility index (Phi) is 4.71. The van der Waals surface area contributed by atoms with Crippen LogP contribution in [0.1, 0.15) is 18.4 Å². The molecule has 0 aliphatic rings. The highest BCUT2D eigenvalue weighted by molar-refractivity contribution is 9.11. The van der Waals surface area contributed by atoms with Crippen molar-refractivity contribution in [1.82, 2.24) is 4.98 Å². The lowest BCUT2D eigenvalue weighted by atomic mass is 10.0. The summed E-state index contributed by atoms with van der Waals surface area (Å²) in [5.41, 5.74) is 0.980. The quantitative estimate of drug-likeness (QED) is 0.855. The van der Waals surface area contributed by atoms with Gasteiger partial charge in [0.1, 0.15) is 5.82 Å². The molecule has 0 fully saturated rings. The van der Waals surface area contributed by atoms with Gasteiger partial charge in [0.25, 0.3) is 0 Å². The smallest absolute Gasteiger partial charge is 0.232 e. The molecule has 0 bridgehead atoms. The predicted octanol–water partition coefficient (Wildman–Crippen LogP) is 4.35. The Hall–Kier alpha value is -1.20. The number of halogens is 2. The van der Waals surface area contributed by atoms with E-state index < -0.39 is 0 Å². The number of carbonyl (C=O) groups is 1. The van der Waals surface area contributed by atoms with E-state index in [1.54, 1.807) is 6.20 Å². The van der Waals surface area contributed by atoms with Crippen molar-refractivity contribution in [3.05, 3.63) is 57.1 Å². The van der Waals surface area contributed by atoms with Crippen molar-refractivity contribution in [3.63, 3.8) is 0 Å². The number of hydrogen-bond acceptors (Lipinski definition) is 2. The summed E-state index contributed by atoms with van der Waals surface area (Å²) >= 11 is 6.70. The first-order valence-electron chi connectivity index (χ1n) is 5.75. The highest BCUT2D eigenvalue weighted by atomic mass is 79.9. The van der Waals surface area contributed by atoms with E-state index in [1.807, 2.05) is 43.3 Å². The minimum Gasteiger partial charge on any atom is -0.309 e. The van der Waals surface area contributed by atoms with Crippen molar-refractivity contribution in [2.45, 2.75) is 12.8 Å². The maximum Gasteiger partial charge on any atom is 0.232 e. The van der Waals surface area contributed by atoms with E-state index in [0.717, 1.165) is 14.5 Å². The van der Waals surface area contributed by atoms with Crippen molar-refractivity contribution < 1.29 is 4.79 Å². The van der Waals surface area contributed by atoms with E-state index >= 15 is 0 Å². The SMILES string of the molecule is CC(C(=O)Nc1ncc(Br)cc1Br)c1ccccc1. The molecule has 0 aliphatic carbocycles. The molecular weight excluding hydrogens is 372 g/mol. The van der Waals surface area contributed by atoms with Gasteiger partial charge in [0.05, 0.1) is 10.4 Å². The second-order valence-corrected chi connectivity index (χ2v) is 5.88. The van der Waals surface area contributed by atoms with Crippen LogP contribution in [0.2, 0.25) is 0 Å². The zero-order chi connectivity index (χ0) is 13.8. The van der Waals surface area contributed by atoms with Gasteiger partial charge in [-0.05, 0) is 50.4 Å². The zero-order valence-electron chi connectivity index (χ0n) is 10.2. The summed E-state index contributed by atoms with van der Waals surface area (Å²) < 4.78 is 1.60. The first kappa shape index (κ1) is 14.2. The molecule has 1 N–H and O–H groups in total. The number of carbonyl (C=O) groups excluding carboxylic acids is 1. The number of amides is 1. The van der Waals surface area contributed by atoms with Gasteiger partial charge in [-0.1, -0.05) is 30.3 Å². The second-order valence-electron chi connectivity index (χ2n) is 4.11. The molecule has 1 aromatic heterocycles. The summed E-state index contributed by atoms with van der Waals surface area (Å²) in [5, 5.41) is 2.82. The Bertz CT molecular complexity index is 587. The molecule has 1 aromatic carbocycles. The molecule has 1 amide bonds. The number of rotatable bonds is 3. The fraction of sp³-hybridized carbons (Fsp3) is 0.143. The molecule has 1 atom stereocenters. The predicted molar refractivity (Wildman–Crippen MR) is 83.1 cm³/mol. The average molecular weight is 384 g/mol. The van der Waals surface area contributed by atoms with Crippen LogP contribution in [0.25, 0.3) is 0 Å². The summed E-state index contributed by atoms with van der Waals surface area (Å²) in [4.78, 5) is 16.3. The lowest BCUT2D eigenvalue weighted by Gasteiger charge is -2.12. The topological polar surface area (TPSA) is 42.0 Å². The number of nitrogens with zero attached hydrogens (tertiary/aromatic N) is 1. The van der Waals surface area contributed by atoms with E-state index in [-0.39, 0.29) is 11.8 Å². The first-order chi connectivity index (χ1) is 9.08. The van der Waals surface area contributed by atoms with Crippen LogP contribution in [0.4, 0.5) is 5.82 Å². The summed E-state index contributed by atoms with van der Waals surface area (Å²) in [6.07, 6.45) is 1.65. The van der Waals surface area contributed by atoms with E-state index in [9.17, 15) is 4.79 Å². The van der Waals surface area contributed by atoms with Gasteiger partial charge in [-0.25, -0.2) is 4.98 Å². The Morgan fingerprint density at radius 2 is 1.95 bits per heavy atom. The number of hydrogen-bond donors (Lipinski definition) is 1. The third-order valence-electron chi connectivity index (χ3n) is 2.74. The van der Waals surface area contributed by atoms with Crippen molar-refractivity contribution in [2.75, 3.05) is 5.32 Å². The summed E-state index contributed by atoms with van der Waals surface area (Å²) in [6, 6.07) is 11.5. The van der Waals surface area contributed by atoms with Crippen LogP contribution in [0.3, 0.4) is 0 Å². The molecule has 0 saturated carbocycles. The summed E-state index contributed by atoms with van der Waals surface area (Å²) in [7, 11) is 0. The summed E-state index contributed by atoms with van der Waals surface area (Å²) in [6.45, 7) is 1.87. The maximum atomic E-state index is 12.2. The Balaban J connectivity index is 2.13. The number of nitrogens with one attached hydrogen (secondary N) is 1. The number of pyridine rings is 1. The molecule has 0 saturated heterocycles. The Morgan fingerprint density at radius 1 is 1.26 bits per heavy atom. The van der Waals surface area contributed by atoms with Gasteiger partial charge >= 0.3 is 0 Å². The van der Waals surface area contributed by atoms with Crippen LogP contribution >= 0.6 is 31.9 Å². The molecular formula is C14H12Br2N2O. The molecule has 19 heavy (non-hydrogen) atoms. The molecule has 5 heteroatoms. The highest BCUT2D eigenvalue weighted by Crippen LogP contribution is 2.25. The van der Waals surface area contributed by atoms with Crippen molar-refractivity contribution in [3.8, 4) is 0 Å². The van der Waals surface area contributed by atoms with Gasteiger partial charge in [0, 0.05) is 10.7 Å². The van der Waals surface area contributed by atoms with Crippen molar-refractivity contribution in [2.24, 2.45) is 0 Å². The fourth-order valence-corrected chi connectivity index (χ4v) is 2.71. The Labute approximate surface area is 128 Å². The minimum absolute atomic E-state index is 0.0817. The summed E-state index contributed by atoms with van der Waals surface area (Å²) in [5.74, 6) is 0.219. The van der Waals surface area contributed by atoms with Crippen LogP contribution in [0, 0.1) is 0 Å². The van der Waals surface area contributed by atoms with Crippen LogP contribution in [0.15, 0.2) is 51.5 Å². The van der Waals surface area contributed by atoms with Crippen LogP contribution in [-0.4, -0.2) is 10.9 Å². The molecule has 0 spiro atoms. The fourth-order valence-electron chi connectivity index (χ4n) is 1.62. The van der Waals surface area contributed by atoms with E-state index in [2.05, 4.69) is 42.2 Å². The zero-order valence-corrected chi connectivity index (χ0v) is 13.4. The van der Waals surface area contributed by atoms with Crippen LogP contribution < -0.4 is 5.32 Å². The minimum atomic E-state index is -0.224. The molecule has 1 unspecified atom stereocenters. The van der Waals surface area contributed by atoms with Gasteiger partial charge in [-0.15, -0.1) is 0 Å². The lowest BCUT2D eigenvalue weighted by molar-refractivity contribution is -0.117. The van der Waals surface area contributed by atoms with Crippen LogP contribution in [-0.2, 0) is 4.79 Å². The molecule has 3 nitrogen and oxygen atoms in total. The third kappa shape index (κ3) is 3.64. The van der Waals surface area contributed by atoms with Crippen molar-refractivity contribution >= 4 is 43.6 Å². The van der Waals surface area contributed by atoms with Gasteiger partial charge < -0.3 is 5.32 Å². The second kappa shape index (κ2) is 6.30. The third-order valence-corrected chi connectivity index (χ3v) is 3.78.